The Kier molecular flexibility index (Phi) is 2.18. The molecular formula is C6H5BrN4S. The van der Waals surface area contributed by atoms with Crippen LogP contribution >= 0.6 is 27.3 Å². The first-order chi connectivity index (χ1) is 5.84. The van der Waals surface area contributed by atoms with Crippen LogP contribution in [-0.4, -0.2) is 19.7 Å². The summed E-state index contributed by atoms with van der Waals surface area (Å²) >= 11 is 4.95. The van der Waals surface area contributed by atoms with Crippen molar-refractivity contribution >= 4 is 27.3 Å². The number of halogens is 1. The van der Waals surface area contributed by atoms with Gasteiger partial charge >= 0.3 is 0 Å². The topological polar surface area (TPSA) is 43.6 Å². The second kappa shape index (κ2) is 3.32. The van der Waals surface area contributed by atoms with E-state index in [0.717, 1.165) is 8.79 Å². The van der Waals surface area contributed by atoms with Gasteiger partial charge in [0.1, 0.15) is 17.7 Å². The number of hydrogen-bond donors (Lipinski definition) is 0. The van der Waals surface area contributed by atoms with E-state index in [1.807, 2.05) is 0 Å². The lowest BCUT2D eigenvalue weighted by Gasteiger charge is -1.93. The molecule has 0 amide bonds. The molecule has 2 aromatic heterocycles. The van der Waals surface area contributed by atoms with Crippen LogP contribution in [0.5, 0.6) is 0 Å². The SMILES string of the molecule is Brc1cnc(Cn2cncn2)s1. The van der Waals surface area contributed by atoms with Crippen LogP contribution < -0.4 is 0 Å². The smallest absolute Gasteiger partial charge is 0.137 e. The predicted molar refractivity (Wildman–Crippen MR) is 48.9 cm³/mol. The molecule has 6 heteroatoms. The van der Waals surface area contributed by atoms with Gasteiger partial charge in [-0.05, 0) is 15.9 Å². The molecule has 0 saturated carbocycles. The van der Waals surface area contributed by atoms with Crippen molar-refractivity contribution in [2.24, 2.45) is 0 Å². The van der Waals surface area contributed by atoms with E-state index < -0.39 is 0 Å². The van der Waals surface area contributed by atoms with E-state index in [9.17, 15) is 0 Å². The average molecular weight is 245 g/mol. The van der Waals surface area contributed by atoms with Crippen molar-refractivity contribution in [3.63, 3.8) is 0 Å². The summed E-state index contributed by atoms with van der Waals surface area (Å²) in [5.74, 6) is 0. The van der Waals surface area contributed by atoms with Gasteiger partial charge in [0.15, 0.2) is 0 Å². The molecule has 0 radical (unpaired) electrons. The largest absolute Gasteiger partial charge is 0.246 e. The van der Waals surface area contributed by atoms with Gasteiger partial charge in [-0.2, -0.15) is 5.10 Å². The van der Waals surface area contributed by atoms with Crippen LogP contribution in [0.15, 0.2) is 22.6 Å². The van der Waals surface area contributed by atoms with Crippen LogP contribution in [0, 0.1) is 0 Å². The molecular weight excluding hydrogens is 240 g/mol. The Hall–Kier alpha value is -0.750. The minimum absolute atomic E-state index is 0.691. The van der Waals surface area contributed by atoms with Crippen molar-refractivity contribution in [1.82, 2.24) is 19.7 Å². The summed E-state index contributed by atoms with van der Waals surface area (Å²) in [6.45, 7) is 0.691. The van der Waals surface area contributed by atoms with Gasteiger partial charge in [-0.25, -0.2) is 14.6 Å². The van der Waals surface area contributed by atoms with E-state index in [1.165, 1.54) is 6.33 Å². The first kappa shape index (κ1) is 7.88. The molecule has 62 valence electrons. The predicted octanol–water partition coefficient (Wildman–Crippen LogP) is 1.55. The van der Waals surface area contributed by atoms with Crippen molar-refractivity contribution in [2.45, 2.75) is 6.54 Å². The summed E-state index contributed by atoms with van der Waals surface area (Å²) in [5.41, 5.74) is 0. The van der Waals surface area contributed by atoms with Crippen LogP contribution in [0.3, 0.4) is 0 Å². The zero-order chi connectivity index (χ0) is 8.39. The van der Waals surface area contributed by atoms with Gasteiger partial charge in [-0.1, -0.05) is 0 Å². The Morgan fingerprint density at radius 2 is 2.50 bits per heavy atom. The molecule has 0 saturated heterocycles. The molecule has 2 aromatic rings. The fraction of sp³-hybridized carbons (Fsp3) is 0.167. The normalized spacial score (nSPS) is 10.4. The number of rotatable bonds is 2. The number of nitrogens with zero attached hydrogens (tertiary/aromatic N) is 4. The van der Waals surface area contributed by atoms with Crippen molar-refractivity contribution in [1.29, 1.82) is 0 Å². The molecule has 4 nitrogen and oxygen atoms in total. The number of hydrogen-bond acceptors (Lipinski definition) is 4. The Labute approximate surface area is 81.4 Å². The van der Waals surface area contributed by atoms with E-state index in [1.54, 1.807) is 28.5 Å². The minimum atomic E-state index is 0.691. The molecule has 0 spiro atoms. The fourth-order valence-electron chi connectivity index (χ4n) is 0.814. The Morgan fingerprint density at radius 3 is 3.08 bits per heavy atom. The molecule has 0 bridgehead atoms. The third kappa shape index (κ3) is 1.70. The quantitative estimate of drug-likeness (QED) is 0.806. The highest BCUT2D eigenvalue weighted by molar-refractivity contribution is 9.11. The Bertz CT molecular complexity index is 355. The maximum absolute atomic E-state index is 4.17. The average Bonchev–Trinajstić information content (AvgIpc) is 2.63. The van der Waals surface area contributed by atoms with Gasteiger partial charge in [0.05, 0.1) is 16.5 Å². The number of aromatic nitrogens is 4. The van der Waals surface area contributed by atoms with Gasteiger partial charge in [-0.15, -0.1) is 11.3 Å². The second-order valence-electron chi connectivity index (χ2n) is 2.15. The van der Waals surface area contributed by atoms with E-state index >= 15 is 0 Å². The molecule has 12 heavy (non-hydrogen) atoms. The van der Waals surface area contributed by atoms with Gasteiger partial charge in [0.2, 0.25) is 0 Å². The van der Waals surface area contributed by atoms with Crippen LogP contribution in [0.25, 0.3) is 0 Å². The van der Waals surface area contributed by atoms with Gasteiger partial charge < -0.3 is 0 Å². The van der Waals surface area contributed by atoms with Gasteiger partial charge in [-0.3, -0.25) is 0 Å². The molecule has 0 aliphatic carbocycles. The van der Waals surface area contributed by atoms with Gasteiger partial charge in [0.25, 0.3) is 0 Å². The van der Waals surface area contributed by atoms with Gasteiger partial charge in [0, 0.05) is 0 Å². The molecule has 0 unspecified atom stereocenters. The second-order valence-corrected chi connectivity index (χ2v) is 4.65. The van der Waals surface area contributed by atoms with Crippen LogP contribution in [0.4, 0.5) is 0 Å². The summed E-state index contributed by atoms with van der Waals surface area (Å²) < 4.78 is 2.78. The van der Waals surface area contributed by atoms with Crippen molar-refractivity contribution < 1.29 is 0 Å². The third-order valence-corrected chi connectivity index (χ3v) is 2.75. The summed E-state index contributed by atoms with van der Waals surface area (Å²) in [6.07, 6.45) is 4.98. The van der Waals surface area contributed by atoms with E-state index in [2.05, 4.69) is 31.0 Å². The van der Waals surface area contributed by atoms with Crippen molar-refractivity contribution in [3.05, 3.63) is 27.6 Å². The van der Waals surface area contributed by atoms with Crippen LogP contribution in [0.2, 0.25) is 0 Å². The molecule has 0 N–H and O–H groups in total. The lowest BCUT2D eigenvalue weighted by Crippen LogP contribution is -1.98. The van der Waals surface area contributed by atoms with E-state index in [-0.39, 0.29) is 0 Å². The molecule has 0 aromatic carbocycles. The minimum Gasteiger partial charge on any atom is -0.246 e. The Morgan fingerprint density at radius 1 is 1.58 bits per heavy atom. The van der Waals surface area contributed by atoms with Crippen LogP contribution in [0.1, 0.15) is 5.01 Å². The lowest BCUT2D eigenvalue weighted by molar-refractivity contribution is 0.681. The zero-order valence-electron chi connectivity index (χ0n) is 6.01. The molecule has 2 heterocycles. The van der Waals surface area contributed by atoms with Crippen LogP contribution in [-0.2, 0) is 6.54 Å². The third-order valence-electron chi connectivity index (χ3n) is 1.29. The highest BCUT2D eigenvalue weighted by Gasteiger charge is 2.00. The fourth-order valence-corrected chi connectivity index (χ4v) is 2.11. The summed E-state index contributed by atoms with van der Waals surface area (Å²) in [6, 6.07) is 0. The Balaban J connectivity index is 2.14. The summed E-state index contributed by atoms with van der Waals surface area (Å²) in [5, 5.41) is 5.00. The monoisotopic (exact) mass is 244 g/mol. The highest BCUT2D eigenvalue weighted by Crippen LogP contribution is 2.19. The maximum atomic E-state index is 4.17. The summed E-state index contributed by atoms with van der Waals surface area (Å²) in [4.78, 5) is 8.02. The molecule has 0 aliphatic rings. The van der Waals surface area contributed by atoms with E-state index in [0.29, 0.717) is 6.54 Å². The molecule has 0 fully saturated rings. The first-order valence-electron chi connectivity index (χ1n) is 3.27. The molecule has 0 aliphatic heterocycles. The van der Waals surface area contributed by atoms with E-state index in [4.69, 9.17) is 0 Å². The summed E-state index contributed by atoms with van der Waals surface area (Å²) in [7, 11) is 0. The molecule has 0 atom stereocenters. The first-order valence-corrected chi connectivity index (χ1v) is 4.88. The van der Waals surface area contributed by atoms with Crippen molar-refractivity contribution in [2.75, 3.05) is 0 Å². The lowest BCUT2D eigenvalue weighted by atomic mass is 10.7. The zero-order valence-corrected chi connectivity index (χ0v) is 8.42. The molecule has 2 rings (SSSR count). The maximum Gasteiger partial charge on any atom is 0.137 e. The van der Waals surface area contributed by atoms with Crippen molar-refractivity contribution in [3.8, 4) is 0 Å². The number of thiazole rings is 1. The standard InChI is InChI=1S/C6H5BrN4S/c7-5-1-9-6(12-5)2-11-4-8-3-10-11/h1,3-4H,2H2. The highest BCUT2D eigenvalue weighted by atomic mass is 79.9.